The number of aromatic nitrogens is 4. The molecule has 0 saturated heterocycles. The van der Waals surface area contributed by atoms with Crippen LogP contribution in [0.3, 0.4) is 0 Å². The first-order valence-corrected chi connectivity index (χ1v) is 7.23. The Hall–Kier alpha value is -2.70. The summed E-state index contributed by atoms with van der Waals surface area (Å²) < 4.78 is 11.4. The van der Waals surface area contributed by atoms with Crippen LogP contribution in [0, 0.1) is 0 Å². The van der Waals surface area contributed by atoms with Gasteiger partial charge in [0.05, 0.1) is 6.61 Å². The molecule has 1 aromatic carbocycles. The molecule has 0 aliphatic rings. The lowest BCUT2D eigenvalue weighted by Crippen LogP contribution is -2.05. The summed E-state index contributed by atoms with van der Waals surface area (Å²) in [5.74, 6) is 1.16. The maximum Gasteiger partial charge on any atom is 0.215 e. The predicted molar refractivity (Wildman–Crippen MR) is 80.7 cm³/mol. The molecule has 7 nitrogen and oxygen atoms in total. The van der Waals surface area contributed by atoms with Crippen molar-refractivity contribution in [2.45, 2.75) is 26.2 Å². The topological polar surface area (TPSA) is 93.9 Å². The van der Waals surface area contributed by atoms with Gasteiger partial charge in [-0.25, -0.2) is 5.10 Å². The van der Waals surface area contributed by atoms with Crippen LogP contribution in [-0.4, -0.2) is 27.2 Å². The first-order chi connectivity index (χ1) is 10.8. The van der Waals surface area contributed by atoms with Crippen molar-refractivity contribution in [2.24, 2.45) is 0 Å². The fourth-order valence-corrected chi connectivity index (χ4v) is 2.21. The van der Waals surface area contributed by atoms with Crippen LogP contribution in [-0.2, 0) is 0 Å². The number of rotatable bonds is 6. The molecule has 1 N–H and O–H groups in total. The molecule has 3 aromatic rings. The fourth-order valence-electron chi connectivity index (χ4n) is 2.21. The number of benzene rings is 1. The van der Waals surface area contributed by atoms with E-state index in [4.69, 9.17) is 9.15 Å². The number of aromatic amines is 1. The zero-order valence-electron chi connectivity index (χ0n) is 12.2. The van der Waals surface area contributed by atoms with Crippen molar-refractivity contribution in [3.8, 4) is 17.3 Å². The summed E-state index contributed by atoms with van der Waals surface area (Å²) in [4.78, 5) is 12.4. The van der Waals surface area contributed by atoms with Gasteiger partial charge in [0.25, 0.3) is 0 Å². The van der Waals surface area contributed by atoms with E-state index in [9.17, 15) is 4.79 Å². The Morgan fingerprint density at radius 1 is 1.32 bits per heavy atom. The van der Waals surface area contributed by atoms with E-state index in [0.717, 1.165) is 19.3 Å². The molecule has 2 aromatic heterocycles. The maximum atomic E-state index is 12.4. The molecule has 0 bridgehead atoms. The van der Waals surface area contributed by atoms with Gasteiger partial charge in [-0.1, -0.05) is 25.8 Å². The molecule has 0 saturated carbocycles. The average Bonchev–Trinajstić information content (AvgIpc) is 3.05. The molecule has 0 radical (unpaired) electrons. The van der Waals surface area contributed by atoms with E-state index in [-0.39, 0.29) is 5.43 Å². The number of ether oxygens (including phenoxy) is 1. The second-order valence-corrected chi connectivity index (χ2v) is 4.91. The summed E-state index contributed by atoms with van der Waals surface area (Å²) in [6, 6.07) is 6.66. The SMILES string of the molecule is CCCCCOc1cccc2oc(-c3nnn[nH]3)cc(=O)c12. The van der Waals surface area contributed by atoms with E-state index in [1.165, 1.54) is 6.07 Å². The molecule has 22 heavy (non-hydrogen) atoms. The van der Waals surface area contributed by atoms with Gasteiger partial charge < -0.3 is 9.15 Å². The van der Waals surface area contributed by atoms with Crippen molar-refractivity contribution in [3.05, 3.63) is 34.5 Å². The summed E-state index contributed by atoms with van der Waals surface area (Å²) in [7, 11) is 0. The summed E-state index contributed by atoms with van der Waals surface area (Å²) in [6.07, 6.45) is 3.18. The number of tetrazole rings is 1. The van der Waals surface area contributed by atoms with Crippen molar-refractivity contribution in [1.29, 1.82) is 0 Å². The highest BCUT2D eigenvalue weighted by atomic mass is 16.5. The minimum absolute atomic E-state index is 0.182. The molecule has 0 aliphatic carbocycles. The summed E-state index contributed by atoms with van der Waals surface area (Å²) >= 11 is 0. The van der Waals surface area contributed by atoms with Gasteiger partial charge in [-0.05, 0) is 29.0 Å². The Morgan fingerprint density at radius 2 is 2.23 bits per heavy atom. The van der Waals surface area contributed by atoms with Crippen LogP contribution in [0.25, 0.3) is 22.6 Å². The van der Waals surface area contributed by atoms with Crippen LogP contribution in [0.4, 0.5) is 0 Å². The Morgan fingerprint density at radius 3 is 3.00 bits per heavy atom. The van der Waals surface area contributed by atoms with Crippen LogP contribution in [0.1, 0.15) is 26.2 Å². The zero-order valence-corrected chi connectivity index (χ0v) is 12.2. The van der Waals surface area contributed by atoms with E-state index in [1.54, 1.807) is 18.2 Å². The minimum atomic E-state index is -0.182. The lowest BCUT2D eigenvalue weighted by Gasteiger charge is -2.08. The van der Waals surface area contributed by atoms with E-state index in [0.29, 0.717) is 34.9 Å². The zero-order chi connectivity index (χ0) is 15.4. The lowest BCUT2D eigenvalue weighted by atomic mass is 10.2. The van der Waals surface area contributed by atoms with Crippen molar-refractivity contribution < 1.29 is 9.15 Å². The lowest BCUT2D eigenvalue weighted by molar-refractivity contribution is 0.309. The molecule has 2 heterocycles. The Kier molecular flexibility index (Phi) is 4.13. The van der Waals surface area contributed by atoms with Crippen molar-refractivity contribution >= 4 is 11.0 Å². The first-order valence-electron chi connectivity index (χ1n) is 7.23. The van der Waals surface area contributed by atoms with Crippen LogP contribution >= 0.6 is 0 Å². The van der Waals surface area contributed by atoms with Crippen LogP contribution < -0.4 is 10.2 Å². The third-order valence-electron chi connectivity index (χ3n) is 3.30. The molecule has 0 aliphatic heterocycles. The highest BCUT2D eigenvalue weighted by molar-refractivity contribution is 5.84. The molecular weight excluding hydrogens is 284 g/mol. The molecule has 114 valence electrons. The van der Waals surface area contributed by atoms with Gasteiger partial charge in [-0.2, -0.15) is 0 Å². The van der Waals surface area contributed by atoms with Crippen molar-refractivity contribution in [2.75, 3.05) is 6.61 Å². The maximum absolute atomic E-state index is 12.4. The van der Waals surface area contributed by atoms with Gasteiger partial charge in [-0.15, -0.1) is 5.10 Å². The molecule has 0 spiro atoms. The van der Waals surface area contributed by atoms with Gasteiger partial charge in [-0.3, -0.25) is 4.79 Å². The number of nitrogens with one attached hydrogen (secondary N) is 1. The second kappa shape index (κ2) is 6.38. The van der Waals surface area contributed by atoms with Gasteiger partial charge in [0.2, 0.25) is 5.82 Å². The minimum Gasteiger partial charge on any atom is -0.493 e. The molecule has 3 rings (SSSR count). The van der Waals surface area contributed by atoms with Crippen molar-refractivity contribution in [3.63, 3.8) is 0 Å². The highest BCUT2D eigenvalue weighted by Crippen LogP contribution is 2.25. The van der Waals surface area contributed by atoms with Crippen LogP contribution in [0.2, 0.25) is 0 Å². The van der Waals surface area contributed by atoms with Gasteiger partial charge >= 0.3 is 0 Å². The number of fused-ring (bicyclic) bond motifs is 1. The summed E-state index contributed by atoms with van der Waals surface area (Å²) in [5.41, 5.74) is 0.269. The van der Waals surface area contributed by atoms with E-state index < -0.39 is 0 Å². The third kappa shape index (κ3) is 2.83. The summed E-state index contributed by atoms with van der Waals surface area (Å²) in [5, 5.41) is 13.7. The van der Waals surface area contributed by atoms with Gasteiger partial charge in [0, 0.05) is 6.07 Å². The molecule has 0 fully saturated rings. The van der Waals surface area contributed by atoms with E-state index in [2.05, 4.69) is 27.5 Å². The molecule has 0 atom stereocenters. The highest BCUT2D eigenvalue weighted by Gasteiger charge is 2.13. The van der Waals surface area contributed by atoms with E-state index >= 15 is 0 Å². The number of H-pyrrole nitrogens is 1. The van der Waals surface area contributed by atoms with Gasteiger partial charge in [0.15, 0.2) is 11.2 Å². The van der Waals surface area contributed by atoms with Crippen molar-refractivity contribution in [1.82, 2.24) is 20.6 Å². The number of unbranched alkanes of at least 4 members (excludes halogenated alkanes) is 2. The normalized spacial score (nSPS) is 11.0. The van der Waals surface area contributed by atoms with Gasteiger partial charge in [0.1, 0.15) is 16.7 Å². The number of hydrogen-bond donors (Lipinski definition) is 1. The number of nitrogens with zero attached hydrogens (tertiary/aromatic N) is 3. The smallest absolute Gasteiger partial charge is 0.215 e. The summed E-state index contributed by atoms with van der Waals surface area (Å²) in [6.45, 7) is 2.71. The van der Waals surface area contributed by atoms with Crippen LogP contribution in [0.15, 0.2) is 33.5 Å². The Balaban J connectivity index is 1.97. The van der Waals surface area contributed by atoms with E-state index in [1.807, 2.05) is 0 Å². The third-order valence-corrected chi connectivity index (χ3v) is 3.30. The fraction of sp³-hybridized carbons (Fsp3) is 0.333. The second-order valence-electron chi connectivity index (χ2n) is 4.91. The average molecular weight is 300 g/mol. The largest absolute Gasteiger partial charge is 0.493 e. The molecule has 7 heteroatoms. The number of hydrogen-bond acceptors (Lipinski definition) is 6. The predicted octanol–water partition coefficient (Wildman–Crippen LogP) is 2.54. The van der Waals surface area contributed by atoms with Crippen LogP contribution in [0.5, 0.6) is 5.75 Å². The molecular formula is C15H16N4O3. The standard InChI is InChI=1S/C15H16N4O3/c1-2-3-4-8-21-11-6-5-7-12-14(11)10(20)9-13(22-12)15-16-18-19-17-15/h5-7,9H,2-4,8H2,1H3,(H,16,17,18,19). The first kappa shape index (κ1) is 14.2. The quantitative estimate of drug-likeness (QED) is 0.703. The Bertz CT molecular complexity index is 811. The Labute approximate surface area is 126 Å². The molecule has 0 unspecified atom stereocenters. The molecule has 0 amide bonds. The monoisotopic (exact) mass is 300 g/mol.